The Kier molecular flexibility index (Phi) is 5.61. The van der Waals surface area contributed by atoms with Crippen molar-refractivity contribution in [2.24, 2.45) is 5.90 Å². The number of hydrogen-bond donors (Lipinski definition) is 2. The highest BCUT2D eigenvalue weighted by molar-refractivity contribution is 6.33. The van der Waals surface area contributed by atoms with Gasteiger partial charge in [-0.1, -0.05) is 31.5 Å². The molecule has 5 nitrogen and oxygen atoms in total. The molecule has 0 aliphatic rings. The molecule has 0 radical (unpaired) electrons. The predicted octanol–water partition coefficient (Wildman–Crippen LogP) is 3.85. The first-order chi connectivity index (χ1) is 9.55. The summed E-state index contributed by atoms with van der Waals surface area (Å²) < 4.78 is 5.19. The Morgan fingerprint density at radius 2 is 1.90 bits per heavy atom. The van der Waals surface area contributed by atoms with Gasteiger partial charge in [-0.25, -0.2) is 10.7 Å². The number of rotatable bonds is 4. The third-order valence-electron chi connectivity index (χ3n) is 2.83. The van der Waals surface area contributed by atoms with Gasteiger partial charge in [-0.2, -0.15) is 0 Å². The third kappa shape index (κ3) is 5.53. The van der Waals surface area contributed by atoms with Crippen LogP contribution in [0.2, 0.25) is 5.02 Å². The Bertz CT molecular complexity index is 510. The van der Waals surface area contributed by atoms with Gasteiger partial charge in [0.15, 0.2) is 0 Å². The Morgan fingerprint density at radius 3 is 2.38 bits per heavy atom. The molecule has 0 atom stereocenters. The van der Waals surface area contributed by atoms with E-state index in [2.05, 4.69) is 5.32 Å². The number of anilines is 1. The van der Waals surface area contributed by atoms with Crippen LogP contribution in [0.5, 0.6) is 0 Å². The topological polar surface area (TPSA) is 73.6 Å². The molecule has 0 aromatic heterocycles. The number of ether oxygens (including phenoxy) is 1. The maximum Gasteiger partial charge on any atom is 0.412 e. The average Bonchev–Trinajstić information content (AvgIpc) is 2.29. The second-order valence-corrected chi connectivity index (χ2v) is 6.92. The number of carbonyl (C=O) groups is 1. The highest BCUT2D eigenvalue weighted by atomic mass is 35.5. The van der Waals surface area contributed by atoms with Crippen molar-refractivity contribution >= 4 is 23.4 Å². The van der Waals surface area contributed by atoms with Crippen molar-refractivity contribution in [3.63, 3.8) is 0 Å². The molecule has 0 spiro atoms. The number of carbonyl (C=O) groups excluding carboxylic acids is 1. The minimum Gasteiger partial charge on any atom is -0.444 e. The van der Waals surface area contributed by atoms with Gasteiger partial charge < -0.3 is 9.57 Å². The second kappa shape index (κ2) is 6.64. The van der Waals surface area contributed by atoms with Crippen molar-refractivity contribution in [1.29, 1.82) is 0 Å². The summed E-state index contributed by atoms with van der Waals surface area (Å²) >= 11 is 6.21. The Morgan fingerprint density at radius 1 is 1.29 bits per heavy atom. The van der Waals surface area contributed by atoms with E-state index in [1.807, 2.05) is 19.9 Å². The lowest BCUT2D eigenvalue weighted by molar-refractivity contribution is 0.0636. The van der Waals surface area contributed by atoms with Crippen LogP contribution in [-0.2, 0) is 15.0 Å². The molecule has 6 heteroatoms. The molecule has 21 heavy (non-hydrogen) atoms. The van der Waals surface area contributed by atoms with Gasteiger partial charge in [-0.15, -0.1) is 0 Å². The molecule has 1 aromatic carbocycles. The Labute approximate surface area is 130 Å². The van der Waals surface area contributed by atoms with Gasteiger partial charge >= 0.3 is 6.09 Å². The highest BCUT2D eigenvalue weighted by Crippen LogP contribution is 2.30. The van der Waals surface area contributed by atoms with Crippen LogP contribution in [0, 0.1) is 0 Å². The molecule has 0 aliphatic heterocycles. The molecule has 0 saturated carbocycles. The van der Waals surface area contributed by atoms with E-state index >= 15 is 0 Å². The molecule has 0 bridgehead atoms. The zero-order chi connectivity index (χ0) is 16.3. The summed E-state index contributed by atoms with van der Waals surface area (Å²) in [5, 5.41) is 3.06. The summed E-state index contributed by atoms with van der Waals surface area (Å²) in [4.78, 5) is 16.5. The molecule has 0 unspecified atom stereocenters. The van der Waals surface area contributed by atoms with Gasteiger partial charge in [0.1, 0.15) is 5.60 Å². The highest BCUT2D eigenvalue weighted by Gasteiger charge is 2.22. The van der Waals surface area contributed by atoms with Crippen molar-refractivity contribution in [2.75, 3.05) is 11.9 Å². The summed E-state index contributed by atoms with van der Waals surface area (Å²) in [7, 11) is 0. The molecule has 0 aliphatic carbocycles. The Hall–Kier alpha value is -1.30. The summed E-state index contributed by atoms with van der Waals surface area (Å²) in [5.41, 5.74) is 0.631. The molecule has 0 saturated heterocycles. The standard InChI is InChI=1S/C15H23ClN2O3/c1-14(2,3)21-13(19)18-12-7-6-10(8-11(12)16)15(4,5)9-20-17/h6-8H,9,17H2,1-5H3,(H,18,19). The van der Waals surface area contributed by atoms with Crippen LogP contribution in [0.15, 0.2) is 18.2 Å². The molecule has 3 N–H and O–H groups in total. The van der Waals surface area contributed by atoms with E-state index < -0.39 is 11.7 Å². The molecule has 118 valence electrons. The number of amides is 1. The maximum atomic E-state index is 11.7. The summed E-state index contributed by atoms with van der Waals surface area (Å²) in [6.07, 6.45) is -0.540. The number of benzene rings is 1. The van der Waals surface area contributed by atoms with E-state index in [0.717, 1.165) is 5.56 Å². The molecule has 0 fully saturated rings. The van der Waals surface area contributed by atoms with E-state index in [1.54, 1.807) is 32.9 Å². The fraction of sp³-hybridized carbons (Fsp3) is 0.533. The number of halogens is 1. The summed E-state index contributed by atoms with van der Waals surface area (Å²) in [6.45, 7) is 9.74. The largest absolute Gasteiger partial charge is 0.444 e. The van der Waals surface area contributed by atoms with E-state index in [1.165, 1.54) is 0 Å². The molecule has 1 rings (SSSR count). The molecule has 1 aromatic rings. The van der Waals surface area contributed by atoms with Gasteiger partial charge in [0.25, 0.3) is 0 Å². The van der Waals surface area contributed by atoms with Crippen LogP contribution in [0.1, 0.15) is 40.2 Å². The fourth-order valence-corrected chi connectivity index (χ4v) is 1.97. The zero-order valence-electron chi connectivity index (χ0n) is 13.1. The number of hydrogen-bond acceptors (Lipinski definition) is 4. The lowest BCUT2D eigenvalue weighted by Gasteiger charge is -2.24. The average molecular weight is 315 g/mol. The lowest BCUT2D eigenvalue weighted by atomic mass is 9.85. The van der Waals surface area contributed by atoms with Crippen LogP contribution >= 0.6 is 11.6 Å². The molecule has 0 heterocycles. The molecular weight excluding hydrogens is 292 g/mol. The van der Waals surface area contributed by atoms with Crippen molar-refractivity contribution in [3.05, 3.63) is 28.8 Å². The minimum atomic E-state index is -0.559. The fourth-order valence-electron chi connectivity index (χ4n) is 1.74. The van der Waals surface area contributed by atoms with Gasteiger partial charge in [-0.3, -0.25) is 5.32 Å². The van der Waals surface area contributed by atoms with Crippen LogP contribution in [-0.4, -0.2) is 18.3 Å². The van der Waals surface area contributed by atoms with E-state index in [4.69, 9.17) is 27.1 Å². The lowest BCUT2D eigenvalue weighted by Crippen LogP contribution is -2.28. The maximum absolute atomic E-state index is 11.7. The van der Waals surface area contributed by atoms with Crippen molar-refractivity contribution in [3.8, 4) is 0 Å². The van der Waals surface area contributed by atoms with E-state index in [9.17, 15) is 4.79 Å². The number of nitrogens with two attached hydrogens (primary N) is 1. The normalized spacial score (nSPS) is 12.1. The number of nitrogens with one attached hydrogen (secondary N) is 1. The van der Waals surface area contributed by atoms with Crippen LogP contribution in [0.3, 0.4) is 0 Å². The van der Waals surface area contributed by atoms with E-state index in [-0.39, 0.29) is 5.41 Å². The predicted molar refractivity (Wildman–Crippen MR) is 84.5 cm³/mol. The SMILES string of the molecule is CC(C)(C)OC(=O)Nc1ccc(C(C)(C)CON)cc1Cl. The van der Waals surface area contributed by atoms with Crippen LogP contribution in [0.25, 0.3) is 0 Å². The summed E-state index contributed by atoms with van der Waals surface area (Å²) in [5.74, 6) is 5.14. The second-order valence-electron chi connectivity index (χ2n) is 6.52. The van der Waals surface area contributed by atoms with Crippen LogP contribution in [0.4, 0.5) is 10.5 Å². The monoisotopic (exact) mass is 314 g/mol. The van der Waals surface area contributed by atoms with Crippen LogP contribution < -0.4 is 11.2 Å². The quantitative estimate of drug-likeness (QED) is 0.828. The first-order valence-corrected chi connectivity index (χ1v) is 7.05. The van der Waals surface area contributed by atoms with Crippen molar-refractivity contribution in [1.82, 2.24) is 0 Å². The first kappa shape index (κ1) is 17.8. The third-order valence-corrected chi connectivity index (χ3v) is 3.14. The van der Waals surface area contributed by atoms with Crippen molar-refractivity contribution in [2.45, 2.75) is 45.6 Å². The summed E-state index contributed by atoms with van der Waals surface area (Å²) in [6, 6.07) is 5.39. The Balaban J connectivity index is 2.86. The van der Waals surface area contributed by atoms with Gasteiger partial charge in [0.05, 0.1) is 17.3 Å². The zero-order valence-corrected chi connectivity index (χ0v) is 13.9. The molecule has 1 amide bonds. The van der Waals surface area contributed by atoms with Gasteiger partial charge in [0, 0.05) is 5.41 Å². The van der Waals surface area contributed by atoms with Gasteiger partial charge in [-0.05, 0) is 38.5 Å². The molecular formula is C15H23ClN2O3. The van der Waals surface area contributed by atoms with E-state index in [0.29, 0.717) is 17.3 Å². The minimum absolute atomic E-state index is 0.275. The van der Waals surface area contributed by atoms with Crippen molar-refractivity contribution < 1.29 is 14.4 Å². The smallest absolute Gasteiger partial charge is 0.412 e. The first-order valence-electron chi connectivity index (χ1n) is 6.67. The van der Waals surface area contributed by atoms with Gasteiger partial charge in [0.2, 0.25) is 0 Å².